The molecule has 0 aromatic heterocycles. The molecule has 0 aliphatic carbocycles. The van der Waals surface area contributed by atoms with Gasteiger partial charge in [0.15, 0.2) is 12.0 Å². The van der Waals surface area contributed by atoms with Crippen LogP contribution in [0, 0.1) is 0 Å². The molecule has 0 aromatic rings. The molecule has 11 heavy (non-hydrogen) atoms. The first-order chi connectivity index (χ1) is 5.11. The standard InChI is InChI=1S/C8H12FNO/c1-6(2)10-4-3-8(11)7(9)5-10/h7H,1,3-5H2,2H3. The quantitative estimate of drug-likeness (QED) is 0.568. The van der Waals surface area contributed by atoms with Gasteiger partial charge in [-0.2, -0.15) is 0 Å². The van der Waals surface area contributed by atoms with Gasteiger partial charge in [-0.15, -0.1) is 0 Å². The molecule has 1 atom stereocenters. The van der Waals surface area contributed by atoms with E-state index in [4.69, 9.17) is 0 Å². The fourth-order valence-electron chi connectivity index (χ4n) is 1.14. The lowest BCUT2D eigenvalue weighted by Gasteiger charge is -2.29. The van der Waals surface area contributed by atoms with Crippen molar-refractivity contribution in [1.29, 1.82) is 0 Å². The Morgan fingerprint density at radius 1 is 1.82 bits per heavy atom. The Labute approximate surface area is 65.7 Å². The molecule has 3 heteroatoms. The second-order valence-corrected chi connectivity index (χ2v) is 2.87. The maximum atomic E-state index is 12.8. The van der Waals surface area contributed by atoms with Crippen LogP contribution >= 0.6 is 0 Å². The highest BCUT2D eigenvalue weighted by molar-refractivity contribution is 5.84. The van der Waals surface area contributed by atoms with E-state index in [1.807, 2.05) is 6.92 Å². The molecule has 0 N–H and O–H groups in total. The van der Waals surface area contributed by atoms with Crippen LogP contribution in [0.25, 0.3) is 0 Å². The number of carbonyl (C=O) groups is 1. The van der Waals surface area contributed by atoms with Gasteiger partial charge in [-0.25, -0.2) is 4.39 Å². The molecule has 0 spiro atoms. The predicted molar refractivity (Wildman–Crippen MR) is 40.9 cm³/mol. The molecule has 0 aromatic carbocycles. The molecule has 1 heterocycles. The van der Waals surface area contributed by atoms with Crippen LogP contribution < -0.4 is 0 Å². The predicted octanol–water partition coefficient (Wildman–Crippen LogP) is 1.13. The van der Waals surface area contributed by atoms with Crippen molar-refractivity contribution in [2.24, 2.45) is 0 Å². The van der Waals surface area contributed by atoms with Gasteiger partial charge in [-0.1, -0.05) is 6.58 Å². The van der Waals surface area contributed by atoms with Crippen LogP contribution in [-0.4, -0.2) is 29.9 Å². The van der Waals surface area contributed by atoms with Gasteiger partial charge in [0.1, 0.15) is 0 Å². The smallest absolute Gasteiger partial charge is 0.175 e. The summed E-state index contributed by atoms with van der Waals surface area (Å²) < 4.78 is 12.8. The van der Waals surface area contributed by atoms with Gasteiger partial charge in [0.05, 0.1) is 6.54 Å². The Balaban J connectivity index is 2.52. The van der Waals surface area contributed by atoms with Gasteiger partial charge in [-0.05, 0) is 6.92 Å². The highest BCUT2D eigenvalue weighted by Crippen LogP contribution is 2.13. The number of halogens is 1. The van der Waals surface area contributed by atoms with E-state index < -0.39 is 6.17 Å². The summed E-state index contributed by atoms with van der Waals surface area (Å²) in [5.74, 6) is -0.275. The normalized spacial score (nSPS) is 25.5. The van der Waals surface area contributed by atoms with Crippen LogP contribution in [0.5, 0.6) is 0 Å². The Morgan fingerprint density at radius 3 is 2.91 bits per heavy atom. The fourth-order valence-corrected chi connectivity index (χ4v) is 1.14. The second kappa shape index (κ2) is 3.03. The van der Waals surface area contributed by atoms with Crippen molar-refractivity contribution in [2.75, 3.05) is 13.1 Å². The topological polar surface area (TPSA) is 20.3 Å². The summed E-state index contributed by atoms with van der Waals surface area (Å²) >= 11 is 0. The van der Waals surface area contributed by atoms with Crippen LogP contribution in [0.1, 0.15) is 13.3 Å². The first-order valence-corrected chi connectivity index (χ1v) is 3.68. The highest BCUT2D eigenvalue weighted by Gasteiger charge is 2.25. The van der Waals surface area contributed by atoms with Crippen molar-refractivity contribution in [3.8, 4) is 0 Å². The summed E-state index contributed by atoms with van der Waals surface area (Å²) in [5.41, 5.74) is 0.833. The molecule has 1 unspecified atom stereocenters. The van der Waals surface area contributed by atoms with E-state index >= 15 is 0 Å². The molecule has 0 radical (unpaired) electrons. The molecule has 1 fully saturated rings. The summed E-state index contributed by atoms with van der Waals surface area (Å²) in [4.78, 5) is 12.5. The number of carbonyl (C=O) groups excluding carboxylic acids is 1. The monoisotopic (exact) mass is 157 g/mol. The number of piperidine rings is 1. The Bertz CT molecular complexity index is 191. The number of nitrogens with zero attached hydrogens (tertiary/aromatic N) is 1. The maximum Gasteiger partial charge on any atom is 0.175 e. The maximum absolute atomic E-state index is 12.8. The molecule has 0 bridgehead atoms. The number of ketones is 1. The van der Waals surface area contributed by atoms with Gasteiger partial charge >= 0.3 is 0 Å². The third-order valence-corrected chi connectivity index (χ3v) is 1.90. The summed E-state index contributed by atoms with van der Waals surface area (Å²) in [6.45, 7) is 6.32. The second-order valence-electron chi connectivity index (χ2n) is 2.87. The summed E-state index contributed by atoms with van der Waals surface area (Å²) in [7, 11) is 0. The molecule has 1 aliphatic heterocycles. The summed E-state index contributed by atoms with van der Waals surface area (Å²) in [6, 6.07) is 0. The minimum Gasteiger partial charge on any atom is -0.372 e. The van der Waals surface area contributed by atoms with Gasteiger partial charge in [-0.3, -0.25) is 4.79 Å². The Hall–Kier alpha value is -0.860. The van der Waals surface area contributed by atoms with Crippen molar-refractivity contribution in [3.05, 3.63) is 12.3 Å². The molecule has 2 nitrogen and oxygen atoms in total. The van der Waals surface area contributed by atoms with Crippen LogP contribution in [0.3, 0.4) is 0 Å². The number of Topliss-reactive ketones (excluding diaryl/α,β-unsaturated/α-hetero) is 1. The summed E-state index contributed by atoms with van der Waals surface area (Å²) in [5, 5.41) is 0. The van der Waals surface area contributed by atoms with E-state index in [0.29, 0.717) is 13.0 Å². The van der Waals surface area contributed by atoms with Crippen molar-refractivity contribution in [1.82, 2.24) is 4.90 Å². The summed E-state index contributed by atoms with van der Waals surface area (Å²) in [6.07, 6.45) is -0.992. The fraction of sp³-hybridized carbons (Fsp3) is 0.625. The van der Waals surface area contributed by atoms with Crippen LogP contribution in [0.4, 0.5) is 4.39 Å². The molecule has 1 rings (SSSR count). The number of hydrogen-bond acceptors (Lipinski definition) is 2. The first-order valence-electron chi connectivity index (χ1n) is 3.68. The minimum atomic E-state index is -1.31. The average Bonchev–Trinajstić information content (AvgIpc) is 1.94. The lowest BCUT2D eigenvalue weighted by atomic mass is 10.1. The number of alkyl halides is 1. The van der Waals surface area contributed by atoms with Crippen molar-refractivity contribution < 1.29 is 9.18 Å². The van der Waals surface area contributed by atoms with E-state index in [9.17, 15) is 9.18 Å². The SMILES string of the molecule is C=C(C)N1CCC(=O)C(F)C1. The number of rotatable bonds is 1. The largest absolute Gasteiger partial charge is 0.372 e. The van der Waals surface area contributed by atoms with Gasteiger partial charge in [0.2, 0.25) is 0 Å². The van der Waals surface area contributed by atoms with Gasteiger partial charge < -0.3 is 4.90 Å². The zero-order chi connectivity index (χ0) is 8.43. The lowest BCUT2D eigenvalue weighted by molar-refractivity contribution is -0.126. The zero-order valence-electron chi connectivity index (χ0n) is 6.64. The van der Waals surface area contributed by atoms with E-state index in [1.54, 1.807) is 4.90 Å². The number of allylic oxidation sites excluding steroid dienone is 1. The Kier molecular flexibility index (Phi) is 2.27. The molecule has 1 aliphatic rings. The van der Waals surface area contributed by atoms with Gasteiger partial charge in [0, 0.05) is 18.7 Å². The number of hydrogen-bond donors (Lipinski definition) is 0. The van der Waals surface area contributed by atoms with Crippen molar-refractivity contribution in [3.63, 3.8) is 0 Å². The molecule has 1 saturated heterocycles. The molecule has 0 saturated carbocycles. The zero-order valence-corrected chi connectivity index (χ0v) is 6.64. The minimum absolute atomic E-state index is 0.189. The van der Waals surface area contributed by atoms with Crippen LogP contribution in [-0.2, 0) is 4.79 Å². The van der Waals surface area contributed by atoms with Crippen molar-refractivity contribution in [2.45, 2.75) is 19.5 Å². The molecular weight excluding hydrogens is 145 g/mol. The number of likely N-dealkylation sites (tertiary alicyclic amines) is 1. The average molecular weight is 157 g/mol. The van der Waals surface area contributed by atoms with E-state index in [2.05, 4.69) is 6.58 Å². The van der Waals surface area contributed by atoms with Crippen LogP contribution in [0.2, 0.25) is 0 Å². The third kappa shape index (κ3) is 1.79. The lowest BCUT2D eigenvalue weighted by Crippen LogP contribution is -2.40. The molecular formula is C8H12FNO. The van der Waals surface area contributed by atoms with Crippen LogP contribution in [0.15, 0.2) is 12.3 Å². The third-order valence-electron chi connectivity index (χ3n) is 1.90. The molecule has 0 amide bonds. The first kappa shape index (κ1) is 8.24. The highest BCUT2D eigenvalue weighted by atomic mass is 19.1. The van der Waals surface area contributed by atoms with E-state index in [-0.39, 0.29) is 12.3 Å². The van der Waals surface area contributed by atoms with Crippen molar-refractivity contribution >= 4 is 5.78 Å². The van der Waals surface area contributed by atoms with E-state index in [1.165, 1.54) is 0 Å². The Morgan fingerprint density at radius 2 is 2.45 bits per heavy atom. The van der Waals surface area contributed by atoms with E-state index in [0.717, 1.165) is 5.70 Å². The molecule has 62 valence electrons. The van der Waals surface area contributed by atoms with Gasteiger partial charge in [0.25, 0.3) is 0 Å².